The van der Waals surface area contributed by atoms with Crippen molar-refractivity contribution in [2.75, 3.05) is 12.0 Å². The molecule has 0 amide bonds. The Balaban J connectivity index is 2.08. The van der Waals surface area contributed by atoms with Gasteiger partial charge in [-0.25, -0.2) is 4.79 Å². The molecular formula is C15H12BrN3O5. The number of carbonyl (C=O) groups is 1. The van der Waals surface area contributed by atoms with Crippen molar-refractivity contribution in [1.29, 1.82) is 0 Å². The Morgan fingerprint density at radius 2 is 2.04 bits per heavy atom. The van der Waals surface area contributed by atoms with Gasteiger partial charge in [-0.1, -0.05) is 15.9 Å². The lowest BCUT2D eigenvalue weighted by molar-refractivity contribution is -0.384. The van der Waals surface area contributed by atoms with Crippen molar-refractivity contribution in [3.8, 4) is 5.75 Å². The number of hydrazone groups is 1. The van der Waals surface area contributed by atoms with E-state index in [1.54, 1.807) is 18.2 Å². The Morgan fingerprint density at radius 3 is 2.67 bits per heavy atom. The maximum Gasteiger partial charge on any atom is 0.341 e. The van der Waals surface area contributed by atoms with Gasteiger partial charge in [0.05, 0.1) is 16.8 Å². The van der Waals surface area contributed by atoms with Crippen LogP contribution in [0.25, 0.3) is 0 Å². The minimum atomic E-state index is -1.08. The molecule has 2 aromatic carbocycles. The van der Waals surface area contributed by atoms with Crippen molar-refractivity contribution >= 4 is 39.5 Å². The second kappa shape index (κ2) is 8.06. The highest BCUT2D eigenvalue weighted by Crippen LogP contribution is 2.22. The Hall–Kier alpha value is -2.94. The van der Waals surface area contributed by atoms with E-state index in [-0.39, 0.29) is 5.69 Å². The summed E-state index contributed by atoms with van der Waals surface area (Å²) in [6.07, 6.45) is 1.46. The molecule has 0 saturated carbocycles. The van der Waals surface area contributed by atoms with Crippen LogP contribution in [0.3, 0.4) is 0 Å². The number of nitro groups is 1. The largest absolute Gasteiger partial charge is 0.481 e. The van der Waals surface area contributed by atoms with Crippen LogP contribution in [0.4, 0.5) is 11.4 Å². The number of hydrogen-bond donors (Lipinski definition) is 2. The number of nitrogens with zero attached hydrogens (tertiary/aromatic N) is 2. The molecule has 0 spiro atoms. The number of benzene rings is 2. The predicted molar refractivity (Wildman–Crippen MR) is 91.6 cm³/mol. The van der Waals surface area contributed by atoms with Crippen LogP contribution in [0.15, 0.2) is 52.0 Å². The van der Waals surface area contributed by atoms with E-state index in [9.17, 15) is 14.9 Å². The van der Waals surface area contributed by atoms with Crippen molar-refractivity contribution in [2.45, 2.75) is 0 Å². The van der Waals surface area contributed by atoms with E-state index < -0.39 is 17.5 Å². The minimum Gasteiger partial charge on any atom is -0.481 e. The fraction of sp³-hybridized carbons (Fsp3) is 0.0667. The van der Waals surface area contributed by atoms with E-state index >= 15 is 0 Å². The van der Waals surface area contributed by atoms with E-state index in [0.29, 0.717) is 17.0 Å². The quantitative estimate of drug-likeness (QED) is 0.423. The van der Waals surface area contributed by atoms with Crippen molar-refractivity contribution in [3.05, 3.63) is 62.6 Å². The molecular weight excluding hydrogens is 382 g/mol. The van der Waals surface area contributed by atoms with E-state index in [1.807, 2.05) is 0 Å². The van der Waals surface area contributed by atoms with Gasteiger partial charge in [-0.05, 0) is 30.3 Å². The number of carboxylic acid groups (broad SMARTS) is 1. The summed E-state index contributed by atoms with van der Waals surface area (Å²) in [5.74, 6) is -0.709. The maximum absolute atomic E-state index is 10.6. The number of aliphatic carboxylic acids is 1. The van der Waals surface area contributed by atoms with Gasteiger partial charge in [-0.3, -0.25) is 15.5 Å². The standard InChI is InChI=1S/C15H12BrN3O5/c16-11-1-6-14(24-9-15(20)21)10(7-11)8-17-18-12-2-4-13(5-3-12)19(22)23/h1-8,18H,9H2,(H,20,21)/b17-8-. The molecule has 0 aliphatic rings. The molecule has 0 fully saturated rings. The van der Waals surface area contributed by atoms with Crippen LogP contribution < -0.4 is 10.2 Å². The molecule has 9 heteroatoms. The number of carboxylic acids is 1. The fourth-order valence-corrected chi connectivity index (χ4v) is 2.10. The number of non-ortho nitro benzene ring substituents is 1. The summed E-state index contributed by atoms with van der Waals surface area (Å²) >= 11 is 3.32. The van der Waals surface area contributed by atoms with Crippen LogP contribution in [-0.4, -0.2) is 28.8 Å². The molecule has 8 nitrogen and oxygen atoms in total. The molecule has 0 aliphatic heterocycles. The highest BCUT2D eigenvalue weighted by Gasteiger charge is 2.06. The maximum atomic E-state index is 10.6. The molecule has 124 valence electrons. The number of rotatable bonds is 7. The Kier molecular flexibility index (Phi) is 5.85. The van der Waals surface area contributed by atoms with Gasteiger partial charge in [0.25, 0.3) is 5.69 Å². The number of hydrogen-bond acceptors (Lipinski definition) is 6. The topological polar surface area (TPSA) is 114 Å². The van der Waals surface area contributed by atoms with Gasteiger partial charge < -0.3 is 9.84 Å². The van der Waals surface area contributed by atoms with Crippen LogP contribution in [0, 0.1) is 10.1 Å². The zero-order valence-electron chi connectivity index (χ0n) is 12.2. The van der Waals surface area contributed by atoms with Crippen molar-refractivity contribution in [2.24, 2.45) is 5.10 Å². The lowest BCUT2D eigenvalue weighted by Crippen LogP contribution is -2.10. The fourth-order valence-electron chi connectivity index (χ4n) is 1.73. The highest BCUT2D eigenvalue weighted by molar-refractivity contribution is 9.10. The first-order valence-corrected chi connectivity index (χ1v) is 7.42. The van der Waals surface area contributed by atoms with Crippen LogP contribution in [-0.2, 0) is 4.79 Å². The van der Waals surface area contributed by atoms with E-state index in [4.69, 9.17) is 9.84 Å². The summed E-state index contributed by atoms with van der Waals surface area (Å²) < 4.78 is 5.96. The number of ether oxygens (including phenoxy) is 1. The predicted octanol–water partition coefficient (Wildman–Crippen LogP) is 3.27. The lowest BCUT2D eigenvalue weighted by atomic mass is 10.2. The molecule has 0 radical (unpaired) electrons. The van der Waals surface area contributed by atoms with Gasteiger partial charge in [-0.2, -0.15) is 5.10 Å². The van der Waals surface area contributed by atoms with Gasteiger partial charge >= 0.3 is 5.97 Å². The second-order valence-corrected chi connectivity index (χ2v) is 5.45. The van der Waals surface area contributed by atoms with E-state index in [0.717, 1.165) is 4.47 Å². The molecule has 0 bridgehead atoms. The van der Waals surface area contributed by atoms with Crippen molar-refractivity contribution in [3.63, 3.8) is 0 Å². The number of halogens is 1. The van der Waals surface area contributed by atoms with Gasteiger partial charge in [-0.15, -0.1) is 0 Å². The summed E-state index contributed by atoms with van der Waals surface area (Å²) in [7, 11) is 0. The molecule has 0 unspecified atom stereocenters. The molecule has 0 aromatic heterocycles. The highest BCUT2D eigenvalue weighted by atomic mass is 79.9. The Labute approximate surface area is 145 Å². The summed E-state index contributed by atoms with van der Waals surface area (Å²) in [6.45, 7) is -0.460. The SMILES string of the molecule is O=C(O)COc1ccc(Br)cc1/C=N\Nc1ccc([N+](=O)[O-])cc1. The van der Waals surface area contributed by atoms with Gasteiger partial charge in [0.15, 0.2) is 6.61 Å². The molecule has 2 rings (SSSR count). The first-order chi connectivity index (χ1) is 11.5. The molecule has 2 N–H and O–H groups in total. The third kappa shape index (κ3) is 5.06. The molecule has 0 heterocycles. The summed E-state index contributed by atoms with van der Waals surface area (Å²) in [5.41, 5.74) is 3.86. The van der Waals surface area contributed by atoms with Crippen molar-refractivity contribution in [1.82, 2.24) is 0 Å². The first-order valence-electron chi connectivity index (χ1n) is 6.63. The zero-order chi connectivity index (χ0) is 17.5. The van der Waals surface area contributed by atoms with Crippen molar-refractivity contribution < 1.29 is 19.6 Å². The number of anilines is 1. The smallest absolute Gasteiger partial charge is 0.341 e. The van der Waals surface area contributed by atoms with Gasteiger partial charge in [0.2, 0.25) is 0 Å². The van der Waals surface area contributed by atoms with Gasteiger partial charge in [0, 0.05) is 22.2 Å². The molecule has 0 saturated heterocycles. The van der Waals surface area contributed by atoms with Crippen LogP contribution in [0.1, 0.15) is 5.56 Å². The Morgan fingerprint density at radius 1 is 1.33 bits per heavy atom. The summed E-state index contributed by atoms with van der Waals surface area (Å²) in [4.78, 5) is 20.7. The third-order valence-corrected chi connectivity index (χ3v) is 3.29. The van der Waals surface area contributed by atoms with E-state index in [2.05, 4.69) is 26.5 Å². The van der Waals surface area contributed by atoms with Crippen LogP contribution in [0.2, 0.25) is 0 Å². The molecule has 0 aliphatic carbocycles. The normalized spacial score (nSPS) is 10.5. The monoisotopic (exact) mass is 393 g/mol. The molecule has 24 heavy (non-hydrogen) atoms. The average Bonchev–Trinajstić information content (AvgIpc) is 2.54. The third-order valence-electron chi connectivity index (χ3n) is 2.80. The number of nitrogens with one attached hydrogen (secondary N) is 1. The molecule has 0 atom stereocenters. The van der Waals surface area contributed by atoms with Crippen LogP contribution >= 0.6 is 15.9 Å². The Bertz CT molecular complexity index is 777. The minimum absolute atomic E-state index is 0.0131. The lowest BCUT2D eigenvalue weighted by Gasteiger charge is -2.07. The average molecular weight is 394 g/mol. The van der Waals surface area contributed by atoms with E-state index in [1.165, 1.54) is 30.5 Å². The van der Waals surface area contributed by atoms with Gasteiger partial charge in [0.1, 0.15) is 5.75 Å². The second-order valence-electron chi connectivity index (χ2n) is 4.54. The number of nitro benzene ring substituents is 1. The zero-order valence-corrected chi connectivity index (χ0v) is 13.8. The first kappa shape index (κ1) is 17.4. The van der Waals surface area contributed by atoms with Crippen LogP contribution in [0.5, 0.6) is 5.75 Å². The summed E-state index contributed by atoms with van der Waals surface area (Å²) in [6, 6.07) is 10.8. The summed E-state index contributed by atoms with van der Waals surface area (Å²) in [5, 5.41) is 23.3. The molecule has 2 aromatic rings.